The highest BCUT2D eigenvalue weighted by molar-refractivity contribution is 7.89. The summed E-state index contributed by atoms with van der Waals surface area (Å²) in [7, 11) is -1.64. The van der Waals surface area contributed by atoms with Crippen LogP contribution in [0.1, 0.15) is 25.3 Å². The summed E-state index contributed by atoms with van der Waals surface area (Å²) in [4.78, 5) is 0.165. The van der Waals surface area contributed by atoms with Crippen molar-refractivity contribution in [3.63, 3.8) is 0 Å². The predicted molar refractivity (Wildman–Crippen MR) is 69.3 cm³/mol. The average molecular weight is 256 g/mol. The first-order valence-corrected chi connectivity index (χ1v) is 7.31. The highest BCUT2D eigenvalue weighted by Crippen LogP contribution is 2.12. The van der Waals surface area contributed by atoms with Crippen LogP contribution in [0.5, 0.6) is 0 Å². The van der Waals surface area contributed by atoms with Crippen LogP contribution in [0.2, 0.25) is 0 Å². The van der Waals surface area contributed by atoms with E-state index in [4.69, 9.17) is 5.14 Å². The molecule has 0 saturated carbocycles. The van der Waals surface area contributed by atoms with Crippen molar-refractivity contribution in [1.82, 2.24) is 5.32 Å². The molecule has 1 unspecified atom stereocenters. The van der Waals surface area contributed by atoms with Gasteiger partial charge in [0.1, 0.15) is 0 Å². The SMILES string of the molecule is CCCC(Cc1ccc(S(N)(=O)=O)cc1)NC. The fourth-order valence-electron chi connectivity index (χ4n) is 1.80. The minimum atomic E-state index is -3.58. The van der Waals surface area contributed by atoms with Gasteiger partial charge in [-0.3, -0.25) is 0 Å². The minimum absolute atomic E-state index is 0.165. The molecule has 0 heterocycles. The van der Waals surface area contributed by atoms with E-state index in [1.165, 1.54) is 0 Å². The van der Waals surface area contributed by atoms with E-state index < -0.39 is 10.0 Å². The van der Waals surface area contributed by atoms with Gasteiger partial charge in [0.2, 0.25) is 10.0 Å². The molecule has 0 aromatic heterocycles. The number of rotatable bonds is 6. The predicted octanol–water partition coefficient (Wildman–Crippen LogP) is 1.26. The summed E-state index contributed by atoms with van der Waals surface area (Å²) < 4.78 is 22.2. The largest absolute Gasteiger partial charge is 0.317 e. The number of nitrogens with one attached hydrogen (secondary N) is 1. The van der Waals surface area contributed by atoms with Gasteiger partial charge in [0.25, 0.3) is 0 Å². The van der Waals surface area contributed by atoms with Crippen LogP contribution in [-0.2, 0) is 16.4 Å². The topological polar surface area (TPSA) is 72.2 Å². The Morgan fingerprint density at radius 2 is 1.88 bits per heavy atom. The molecule has 4 nitrogen and oxygen atoms in total. The Morgan fingerprint density at radius 1 is 1.29 bits per heavy atom. The first kappa shape index (κ1) is 14.2. The van der Waals surface area contributed by atoms with Crippen LogP contribution in [0, 0.1) is 0 Å². The number of benzene rings is 1. The van der Waals surface area contributed by atoms with Gasteiger partial charge in [-0.15, -0.1) is 0 Å². The average Bonchev–Trinajstić information content (AvgIpc) is 2.28. The quantitative estimate of drug-likeness (QED) is 0.805. The van der Waals surface area contributed by atoms with E-state index in [-0.39, 0.29) is 4.90 Å². The van der Waals surface area contributed by atoms with E-state index in [1.807, 2.05) is 19.2 Å². The molecule has 0 radical (unpaired) electrons. The lowest BCUT2D eigenvalue weighted by Gasteiger charge is -2.15. The fourth-order valence-corrected chi connectivity index (χ4v) is 2.31. The van der Waals surface area contributed by atoms with Crippen molar-refractivity contribution < 1.29 is 8.42 Å². The van der Waals surface area contributed by atoms with E-state index >= 15 is 0 Å². The molecule has 5 heteroatoms. The van der Waals surface area contributed by atoms with E-state index in [0.717, 1.165) is 24.8 Å². The van der Waals surface area contributed by atoms with Crippen molar-refractivity contribution in [1.29, 1.82) is 0 Å². The maximum atomic E-state index is 11.1. The third kappa shape index (κ3) is 4.46. The number of sulfonamides is 1. The summed E-state index contributed by atoms with van der Waals surface area (Å²) in [6, 6.07) is 7.19. The van der Waals surface area contributed by atoms with Gasteiger partial charge in [0.05, 0.1) is 4.90 Å². The molecule has 0 aliphatic carbocycles. The molecule has 0 bridgehead atoms. The van der Waals surface area contributed by atoms with Crippen LogP contribution in [0.4, 0.5) is 0 Å². The number of hydrogen-bond donors (Lipinski definition) is 2. The molecule has 17 heavy (non-hydrogen) atoms. The number of likely N-dealkylation sites (N-methyl/N-ethyl adjacent to an activating group) is 1. The van der Waals surface area contributed by atoms with Crippen LogP contribution in [-0.4, -0.2) is 21.5 Å². The lowest BCUT2D eigenvalue weighted by molar-refractivity contribution is 0.513. The molecule has 96 valence electrons. The van der Waals surface area contributed by atoms with Crippen molar-refractivity contribution in [3.05, 3.63) is 29.8 Å². The summed E-state index contributed by atoms with van der Waals surface area (Å²) in [5.74, 6) is 0. The van der Waals surface area contributed by atoms with E-state index in [2.05, 4.69) is 12.2 Å². The van der Waals surface area contributed by atoms with Gasteiger partial charge in [-0.2, -0.15) is 0 Å². The van der Waals surface area contributed by atoms with Gasteiger partial charge >= 0.3 is 0 Å². The number of hydrogen-bond acceptors (Lipinski definition) is 3. The Kier molecular flexibility index (Phi) is 5.11. The van der Waals surface area contributed by atoms with Crippen molar-refractivity contribution in [3.8, 4) is 0 Å². The van der Waals surface area contributed by atoms with Gasteiger partial charge in [0, 0.05) is 6.04 Å². The van der Waals surface area contributed by atoms with Crippen LogP contribution < -0.4 is 10.5 Å². The van der Waals surface area contributed by atoms with E-state index in [0.29, 0.717) is 6.04 Å². The molecule has 3 N–H and O–H groups in total. The summed E-state index contributed by atoms with van der Waals surface area (Å²) >= 11 is 0. The Labute approximate surface area is 103 Å². The molecule has 0 saturated heterocycles. The van der Waals surface area contributed by atoms with Crippen molar-refractivity contribution in [2.75, 3.05) is 7.05 Å². The van der Waals surface area contributed by atoms with Gasteiger partial charge in [-0.1, -0.05) is 25.5 Å². The zero-order valence-corrected chi connectivity index (χ0v) is 11.1. The lowest BCUT2D eigenvalue weighted by atomic mass is 10.0. The molecular weight excluding hydrogens is 236 g/mol. The summed E-state index contributed by atoms with van der Waals surface area (Å²) in [6.45, 7) is 2.15. The first-order valence-electron chi connectivity index (χ1n) is 5.76. The molecule has 1 aromatic carbocycles. The molecule has 1 aromatic rings. The van der Waals surface area contributed by atoms with Gasteiger partial charge < -0.3 is 5.32 Å². The van der Waals surface area contributed by atoms with Gasteiger partial charge in [-0.05, 0) is 37.6 Å². The van der Waals surface area contributed by atoms with Crippen molar-refractivity contribution >= 4 is 10.0 Å². The molecule has 1 atom stereocenters. The Balaban J connectivity index is 2.74. The van der Waals surface area contributed by atoms with Crippen LogP contribution in [0.25, 0.3) is 0 Å². The third-order valence-electron chi connectivity index (χ3n) is 2.78. The maximum absolute atomic E-state index is 11.1. The molecule has 0 amide bonds. The van der Waals surface area contributed by atoms with E-state index in [9.17, 15) is 8.42 Å². The van der Waals surface area contributed by atoms with Crippen molar-refractivity contribution in [2.24, 2.45) is 5.14 Å². The van der Waals surface area contributed by atoms with Gasteiger partial charge in [-0.25, -0.2) is 13.6 Å². The van der Waals surface area contributed by atoms with Crippen LogP contribution >= 0.6 is 0 Å². The molecule has 1 rings (SSSR count). The number of primary sulfonamides is 1. The highest BCUT2D eigenvalue weighted by atomic mass is 32.2. The zero-order valence-electron chi connectivity index (χ0n) is 10.3. The molecular formula is C12H20N2O2S. The first-order chi connectivity index (χ1) is 7.97. The molecule has 0 fully saturated rings. The van der Waals surface area contributed by atoms with Crippen LogP contribution in [0.15, 0.2) is 29.2 Å². The second-order valence-corrected chi connectivity index (χ2v) is 5.73. The summed E-state index contributed by atoms with van der Waals surface area (Å²) in [5.41, 5.74) is 1.12. The standard InChI is InChI=1S/C12H20N2O2S/c1-3-4-11(14-2)9-10-5-7-12(8-6-10)17(13,15)16/h5-8,11,14H,3-4,9H2,1-2H3,(H2,13,15,16). The lowest BCUT2D eigenvalue weighted by Crippen LogP contribution is -2.27. The Bertz CT molecular complexity index is 440. The van der Waals surface area contributed by atoms with E-state index in [1.54, 1.807) is 12.1 Å². The fraction of sp³-hybridized carbons (Fsp3) is 0.500. The highest BCUT2D eigenvalue weighted by Gasteiger charge is 2.09. The molecule has 0 aliphatic rings. The summed E-state index contributed by atoms with van der Waals surface area (Å²) in [6.07, 6.45) is 3.13. The Morgan fingerprint density at radius 3 is 2.29 bits per heavy atom. The Hall–Kier alpha value is -0.910. The zero-order chi connectivity index (χ0) is 12.9. The smallest absolute Gasteiger partial charge is 0.238 e. The van der Waals surface area contributed by atoms with Crippen LogP contribution in [0.3, 0.4) is 0 Å². The second kappa shape index (κ2) is 6.14. The normalized spacial score (nSPS) is 13.6. The van der Waals surface area contributed by atoms with Gasteiger partial charge in [0.15, 0.2) is 0 Å². The third-order valence-corrected chi connectivity index (χ3v) is 3.71. The summed E-state index contributed by atoms with van der Waals surface area (Å²) in [5, 5.41) is 8.30. The molecule has 0 aliphatic heterocycles. The van der Waals surface area contributed by atoms with Crippen molar-refractivity contribution in [2.45, 2.75) is 37.1 Å². The minimum Gasteiger partial charge on any atom is -0.317 e. The maximum Gasteiger partial charge on any atom is 0.238 e. The molecule has 0 spiro atoms. The monoisotopic (exact) mass is 256 g/mol. The number of nitrogens with two attached hydrogens (primary N) is 1. The second-order valence-electron chi connectivity index (χ2n) is 4.17.